The molecule has 14 N–H and O–H groups in total. The molecule has 17 nitrogen and oxygen atoms in total. The van der Waals surface area contributed by atoms with Gasteiger partial charge in [0, 0.05) is 12.8 Å². The lowest BCUT2D eigenvalue weighted by Gasteiger charge is -2.24. The summed E-state index contributed by atoms with van der Waals surface area (Å²) in [5.74, 6) is -8.30. The lowest BCUT2D eigenvalue weighted by atomic mass is 10.1. The third-order valence-electron chi connectivity index (χ3n) is 4.40. The molecule has 0 heterocycles. The van der Waals surface area contributed by atoms with Gasteiger partial charge in [0.15, 0.2) is 0 Å². The Bertz CT molecular complexity index is 863. The molecule has 0 aliphatic rings. The summed E-state index contributed by atoms with van der Waals surface area (Å²) in [6.45, 7) is 0. The molecule has 35 heavy (non-hydrogen) atoms. The normalized spacial score (nSPS) is 13.9. The van der Waals surface area contributed by atoms with Crippen LogP contribution in [0.2, 0.25) is 0 Å². The van der Waals surface area contributed by atoms with Gasteiger partial charge in [-0.15, -0.1) is 0 Å². The van der Waals surface area contributed by atoms with Gasteiger partial charge in [-0.3, -0.25) is 33.6 Å². The predicted octanol–water partition coefficient (Wildman–Crippen LogP) is -5.87. The maximum Gasteiger partial charge on any atom is 0.326 e. The number of nitrogens with two attached hydrogens (primary N) is 5. The third kappa shape index (κ3) is 13.1. The number of rotatable bonds is 17. The molecule has 0 bridgehead atoms. The second kappa shape index (κ2) is 14.8. The number of carbonyl (C=O) groups excluding carboxylic acids is 7. The van der Waals surface area contributed by atoms with Crippen LogP contribution >= 0.6 is 0 Å². The number of primary amides is 4. The van der Waals surface area contributed by atoms with Crippen molar-refractivity contribution in [3.8, 4) is 0 Å². The Morgan fingerprint density at radius 1 is 0.571 bits per heavy atom. The van der Waals surface area contributed by atoms with E-state index in [1.54, 1.807) is 0 Å². The smallest absolute Gasteiger partial charge is 0.326 e. The fraction of sp³-hybridized carbons (Fsp3) is 0.556. The van der Waals surface area contributed by atoms with Crippen molar-refractivity contribution in [1.29, 1.82) is 0 Å². The summed E-state index contributed by atoms with van der Waals surface area (Å²) in [4.78, 5) is 93.3. The van der Waals surface area contributed by atoms with E-state index in [1.807, 2.05) is 0 Å². The molecule has 4 atom stereocenters. The van der Waals surface area contributed by atoms with Crippen molar-refractivity contribution < 1.29 is 43.5 Å². The summed E-state index contributed by atoms with van der Waals surface area (Å²) in [5.41, 5.74) is 25.6. The highest BCUT2D eigenvalue weighted by atomic mass is 16.4. The summed E-state index contributed by atoms with van der Waals surface area (Å²) < 4.78 is 0. The maximum atomic E-state index is 12.7. The first-order valence-corrected chi connectivity index (χ1v) is 10.2. The zero-order valence-electron chi connectivity index (χ0n) is 18.7. The molecule has 0 saturated carbocycles. The van der Waals surface area contributed by atoms with Crippen LogP contribution in [0.25, 0.3) is 0 Å². The van der Waals surface area contributed by atoms with Crippen LogP contribution in [-0.2, 0) is 38.4 Å². The fourth-order valence-corrected chi connectivity index (χ4v) is 2.64. The molecule has 7 amide bonds. The fourth-order valence-electron chi connectivity index (χ4n) is 2.64. The highest BCUT2D eigenvalue weighted by Crippen LogP contribution is 2.04. The molecule has 17 heteroatoms. The van der Waals surface area contributed by atoms with Crippen molar-refractivity contribution in [3.63, 3.8) is 0 Å². The quantitative estimate of drug-likeness (QED) is 0.0906. The number of carboxylic acids is 1. The van der Waals surface area contributed by atoms with Crippen LogP contribution in [0.5, 0.6) is 0 Å². The molecule has 0 aliphatic heterocycles. The zero-order chi connectivity index (χ0) is 27.3. The standard InChI is InChI=1S/C18H30N8O9/c19-7(5-13(22)29)15(31)26-10(6-14(23)30)17(33)24-8(1-3-11(20)27)16(32)25-9(18(34)35)2-4-12(21)28/h7-10H,1-6,19H2,(H2,20,27)(H2,21,28)(H2,22,29)(H2,23,30)(H,24,33)(H,25,32)(H,26,31)(H,34,35)/t7-,8-,9-,10-/m0/s1. The topological polar surface area (TPSA) is 323 Å². The average Bonchev–Trinajstić information content (AvgIpc) is 2.71. The monoisotopic (exact) mass is 502 g/mol. The Kier molecular flexibility index (Phi) is 13.0. The van der Waals surface area contributed by atoms with Crippen molar-refractivity contribution in [1.82, 2.24) is 16.0 Å². The summed E-state index contributed by atoms with van der Waals surface area (Å²) in [5, 5.41) is 15.6. The van der Waals surface area contributed by atoms with Gasteiger partial charge in [0.1, 0.15) is 18.1 Å². The van der Waals surface area contributed by atoms with Gasteiger partial charge in [-0.1, -0.05) is 0 Å². The van der Waals surface area contributed by atoms with E-state index in [9.17, 15) is 43.5 Å². The number of hydrogen-bond acceptors (Lipinski definition) is 9. The van der Waals surface area contributed by atoms with Crippen molar-refractivity contribution >= 4 is 47.3 Å². The second-order valence-electron chi connectivity index (χ2n) is 7.48. The molecule has 0 aromatic rings. The molecule has 0 aromatic carbocycles. The first kappa shape index (κ1) is 30.7. The number of hydrogen-bond donors (Lipinski definition) is 9. The van der Waals surface area contributed by atoms with Gasteiger partial charge < -0.3 is 49.7 Å². The molecular formula is C18H30N8O9. The predicted molar refractivity (Wildman–Crippen MR) is 116 cm³/mol. The van der Waals surface area contributed by atoms with Gasteiger partial charge in [0.05, 0.1) is 18.9 Å². The summed E-state index contributed by atoms with van der Waals surface area (Å²) in [6.07, 6.45) is -2.82. The summed E-state index contributed by atoms with van der Waals surface area (Å²) in [7, 11) is 0. The highest BCUT2D eigenvalue weighted by Gasteiger charge is 2.31. The molecular weight excluding hydrogens is 472 g/mol. The van der Waals surface area contributed by atoms with Crippen molar-refractivity contribution in [2.24, 2.45) is 28.7 Å². The maximum absolute atomic E-state index is 12.7. The van der Waals surface area contributed by atoms with Gasteiger partial charge in [-0.05, 0) is 12.8 Å². The first-order chi connectivity index (χ1) is 16.1. The SMILES string of the molecule is NC(=O)CC[C@H](NC(=O)[C@H](CCC(N)=O)NC(=O)[C@H](CC(N)=O)NC(=O)[C@@H](N)CC(N)=O)C(=O)O. The number of carboxylic acid groups (broad SMARTS) is 1. The van der Waals surface area contributed by atoms with E-state index in [-0.39, 0.29) is 19.3 Å². The van der Waals surface area contributed by atoms with Crippen LogP contribution < -0.4 is 44.6 Å². The third-order valence-corrected chi connectivity index (χ3v) is 4.40. The molecule has 0 unspecified atom stereocenters. The van der Waals surface area contributed by atoms with E-state index >= 15 is 0 Å². The van der Waals surface area contributed by atoms with Crippen molar-refractivity contribution in [2.75, 3.05) is 0 Å². The molecule has 0 fully saturated rings. The molecule has 0 radical (unpaired) electrons. The van der Waals surface area contributed by atoms with Gasteiger partial charge in [0.25, 0.3) is 0 Å². The number of aliphatic carboxylic acids is 1. The highest BCUT2D eigenvalue weighted by molar-refractivity contribution is 5.97. The van der Waals surface area contributed by atoms with Crippen molar-refractivity contribution in [2.45, 2.75) is 62.7 Å². The van der Waals surface area contributed by atoms with E-state index in [1.165, 1.54) is 0 Å². The van der Waals surface area contributed by atoms with Gasteiger partial charge >= 0.3 is 5.97 Å². The Morgan fingerprint density at radius 2 is 0.971 bits per heavy atom. The molecule has 0 spiro atoms. The number of amides is 7. The minimum Gasteiger partial charge on any atom is -0.480 e. The second-order valence-corrected chi connectivity index (χ2v) is 7.48. The van der Waals surface area contributed by atoms with Crippen LogP contribution in [0, 0.1) is 0 Å². The Hall–Kier alpha value is -4.28. The average molecular weight is 502 g/mol. The molecule has 0 aliphatic carbocycles. The van der Waals surface area contributed by atoms with Crippen LogP contribution in [0.15, 0.2) is 0 Å². The van der Waals surface area contributed by atoms with Gasteiger partial charge in [-0.2, -0.15) is 0 Å². The van der Waals surface area contributed by atoms with E-state index in [0.717, 1.165) is 0 Å². The summed E-state index contributed by atoms with van der Waals surface area (Å²) in [6, 6.07) is -6.20. The molecule has 196 valence electrons. The Morgan fingerprint density at radius 3 is 1.40 bits per heavy atom. The van der Waals surface area contributed by atoms with E-state index in [4.69, 9.17) is 28.7 Å². The minimum absolute atomic E-state index is 0.356. The van der Waals surface area contributed by atoms with E-state index in [2.05, 4.69) is 16.0 Å². The van der Waals surface area contributed by atoms with Crippen LogP contribution in [-0.4, -0.2) is 76.6 Å². The van der Waals surface area contributed by atoms with Crippen LogP contribution in [0.4, 0.5) is 0 Å². The van der Waals surface area contributed by atoms with Crippen molar-refractivity contribution in [3.05, 3.63) is 0 Å². The largest absolute Gasteiger partial charge is 0.480 e. The van der Waals surface area contributed by atoms with E-state index in [0.29, 0.717) is 0 Å². The molecule has 0 rings (SSSR count). The van der Waals surface area contributed by atoms with Gasteiger partial charge in [-0.25, -0.2) is 4.79 Å². The van der Waals surface area contributed by atoms with E-state index < -0.39 is 90.7 Å². The van der Waals surface area contributed by atoms with Gasteiger partial charge in [0.2, 0.25) is 41.4 Å². The van der Waals surface area contributed by atoms with Crippen LogP contribution in [0.3, 0.4) is 0 Å². The molecule has 0 saturated heterocycles. The number of nitrogens with one attached hydrogen (secondary N) is 3. The first-order valence-electron chi connectivity index (χ1n) is 10.2. The molecule has 0 aromatic heterocycles. The summed E-state index contributed by atoms with van der Waals surface area (Å²) >= 11 is 0. The Labute approximate surface area is 198 Å². The zero-order valence-corrected chi connectivity index (χ0v) is 18.7. The lowest BCUT2D eigenvalue weighted by Crippen LogP contribution is -2.58. The lowest BCUT2D eigenvalue weighted by molar-refractivity contribution is -0.143. The number of carbonyl (C=O) groups is 8. The Balaban J connectivity index is 5.62. The minimum atomic E-state index is -1.65. The van der Waals surface area contributed by atoms with Crippen LogP contribution in [0.1, 0.15) is 38.5 Å².